The van der Waals surface area contributed by atoms with E-state index >= 15 is 0 Å². The molecule has 6 heteroatoms. The van der Waals surface area contributed by atoms with Crippen LogP contribution in [0.5, 0.6) is 5.75 Å². The quantitative estimate of drug-likeness (QED) is 0.246. The maximum atomic E-state index is 13.4. The molecule has 1 aliphatic heterocycles. The van der Waals surface area contributed by atoms with Gasteiger partial charge in [0.05, 0.1) is 12.2 Å². The van der Waals surface area contributed by atoms with Crippen molar-refractivity contribution in [2.45, 2.75) is 53.0 Å². The van der Waals surface area contributed by atoms with Crippen LogP contribution in [0.2, 0.25) is 0 Å². The minimum absolute atomic E-state index is 0.0978. The third-order valence-corrected chi connectivity index (χ3v) is 7.03. The van der Waals surface area contributed by atoms with E-state index in [0.29, 0.717) is 17.9 Å². The molecule has 0 aliphatic carbocycles. The fourth-order valence-corrected chi connectivity index (χ4v) is 5.43. The van der Waals surface area contributed by atoms with Crippen LogP contribution in [0.25, 0.3) is 5.76 Å². The molecule has 1 aromatic heterocycles. The molecule has 2 aromatic carbocycles. The zero-order valence-electron chi connectivity index (χ0n) is 21.0. The monoisotopic (exact) mass is 489 g/mol. The van der Waals surface area contributed by atoms with Crippen molar-refractivity contribution in [2.75, 3.05) is 11.5 Å². The van der Waals surface area contributed by atoms with Gasteiger partial charge in [0, 0.05) is 21.7 Å². The van der Waals surface area contributed by atoms with E-state index in [0.717, 1.165) is 27.3 Å². The van der Waals surface area contributed by atoms with Gasteiger partial charge < -0.3 is 9.84 Å². The number of carbonyl (C=O) groups excluding carboxylic acids is 2. The van der Waals surface area contributed by atoms with Gasteiger partial charge in [0.15, 0.2) is 0 Å². The summed E-state index contributed by atoms with van der Waals surface area (Å²) in [6.07, 6.45) is 0. The number of amides is 1. The number of ether oxygens (including phenoxy) is 1. The molecule has 1 N–H and O–H groups in total. The van der Waals surface area contributed by atoms with Gasteiger partial charge in [-0.3, -0.25) is 14.5 Å². The van der Waals surface area contributed by atoms with Gasteiger partial charge >= 0.3 is 0 Å². The smallest absolute Gasteiger partial charge is 0.300 e. The van der Waals surface area contributed by atoms with Crippen molar-refractivity contribution in [1.82, 2.24) is 0 Å². The van der Waals surface area contributed by atoms with Crippen molar-refractivity contribution >= 4 is 34.5 Å². The lowest BCUT2D eigenvalue weighted by Gasteiger charge is -2.25. The van der Waals surface area contributed by atoms with Crippen molar-refractivity contribution in [2.24, 2.45) is 0 Å². The lowest BCUT2D eigenvalue weighted by molar-refractivity contribution is -0.132. The Kier molecular flexibility index (Phi) is 6.60. The van der Waals surface area contributed by atoms with Crippen LogP contribution in [0.15, 0.2) is 59.5 Å². The van der Waals surface area contributed by atoms with Gasteiger partial charge in [-0.25, -0.2) is 0 Å². The number of aliphatic hydroxyl groups excluding tert-OH is 1. The molecule has 0 spiro atoms. The highest BCUT2D eigenvalue weighted by atomic mass is 32.1. The second-order valence-corrected chi connectivity index (χ2v) is 10.9. The Hall–Kier alpha value is -3.38. The number of hydrogen-bond donors (Lipinski definition) is 1. The highest BCUT2D eigenvalue weighted by molar-refractivity contribution is 7.10. The summed E-state index contributed by atoms with van der Waals surface area (Å²) in [5, 5.41) is 13.4. The molecule has 0 bridgehead atoms. The van der Waals surface area contributed by atoms with Crippen LogP contribution in [0.3, 0.4) is 0 Å². The first kappa shape index (κ1) is 24.7. The Morgan fingerprint density at radius 3 is 2.31 bits per heavy atom. The Balaban J connectivity index is 1.93. The van der Waals surface area contributed by atoms with Crippen molar-refractivity contribution in [1.29, 1.82) is 0 Å². The number of rotatable bonds is 5. The molecule has 1 fully saturated rings. The minimum atomic E-state index is -0.708. The predicted octanol–water partition coefficient (Wildman–Crippen LogP) is 6.69. The molecule has 3 aromatic rings. The number of benzene rings is 2. The van der Waals surface area contributed by atoms with Crippen LogP contribution < -0.4 is 9.64 Å². The molecule has 182 valence electrons. The topological polar surface area (TPSA) is 66.8 Å². The summed E-state index contributed by atoms with van der Waals surface area (Å²) >= 11 is 1.45. The molecular weight excluding hydrogens is 458 g/mol. The van der Waals surface area contributed by atoms with Crippen LogP contribution >= 0.6 is 11.3 Å². The van der Waals surface area contributed by atoms with Crippen LogP contribution in [0.1, 0.15) is 60.9 Å². The van der Waals surface area contributed by atoms with Gasteiger partial charge in [-0.1, -0.05) is 32.9 Å². The van der Waals surface area contributed by atoms with Crippen LogP contribution in [0, 0.1) is 13.8 Å². The number of thiophene rings is 1. The summed E-state index contributed by atoms with van der Waals surface area (Å²) in [6, 6.07) is 14.3. The van der Waals surface area contributed by atoms with Gasteiger partial charge in [0.2, 0.25) is 0 Å². The second-order valence-electron chi connectivity index (χ2n) is 9.92. The van der Waals surface area contributed by atoms with E-state index in [2.05, 4.69) is 20.8 Å². The maximum Gasteiger partial charge on any atom is 0.300 e. The van der Waals surface area contributed by atoms with Gasteiger partial charge in [-0.2, -0.15) is 0 Å². The van der Waals surface area contributed by atoms with Crippen molar-refractivity contribution in [3.63, 3.8) is 0 Å². The minimum Gasteiger partial charge on any atom is -0.507 e. The number of Topliss-reactive ketones (excluding diaryl/α,β-unsaturated/α-hetero) is 1. The zero-order valence-corrected chi connectivity index (χ0v) is 21.8. The first-order valence-electron chi connectivity index (χ1n) is 11.7. The molecule has 5 nitrogen and oxygen atoms in total. The van der Waals surface area contributed by atoms with E-state index in [1.165, 1.54) is 16.2 Å². The number of carbonyl (C=O) groups is 2. The lowest BCUT2D eigenvalue weighted by Crippen LogP contribution is -2.29. The van der Waals surface area contributed by atoms with Gasteiger partial charge in [0.25, 0.3) is 11.7 Å². The Morgan fingerprint density at radius 2 is 1.74 bits per heavy atom. The number of aryl methyl sites for hydroxylation is 2. The molecule has 2 heterocycles. The van der Waals surface area contributed by atoms with E-state index in [9.17, 15) is 14.7 Å². The first-order chi connectivity index (χ1) is 16.5. The van der Waals surface area contributed by atoms with E-state index < -0.39 is 17.7 Å². The molecule has 0 saturated carbocycles. The summed E-state index contributed by atoms with van der Waals surface area (Å²) in [6.45, 7) is 12.6. The summed E-state index contributed by atoms with van der Waals surface area (Å²) in [4.78, 5) is 29.1. The fourth-order valence-electron chi connectivity index (χ4n) is 4.60. The van der Waals surface area contributed by atoms with Gasteiger partial charge in [-0.15, -0.1) is 11.3 Å². The average molecular weight is 490 g/mol. The highest BCUT2D eigenvalue weighted by Gasteiger charge is 2.47. The molecule has 0 radical (unpaired) electrons. The van der Waals surface area contributed by atoms with Crippen LogP contribution in [-0.4, -0.2) is 23.4 Å². The number of hydrogen-bond acceptors (Lipinski definition) is 5. The SMILES string of the molecule is CCOc1ccc(/C(O)=C2/C(=O)C(=O)N(c3cc(C)cc(C)c3)C2c2cccs2)cc1C(C)(C)C. The van der Waals surface area contributed by atoms with Crippen molar-refractivity contribution in [3.8, 4) is 5.75 Å². The standard InChI is InChI=1S/C29H31NO4S/c1-7-34-22-11-10-19(16-21(22)29(4,5)6)26(31)24-25(23-9-8-12-35-23)30(28(33)27(24)32)20-14-17(2)13-18(3)15-20/h8-16,25,31H,7H2,1-6H3/b26-24-. The zero-order chi connectivity index (χ0) is 25.5. The summed E-state index contributed by atoms with van der Waals surface area (Å²) in [7, 11) is 0. The van der Waals surface area contributed by atoms with E-state index in [1.807, 2.05) is 68.6 Å². The molecule has 1 atom stereocenters. The van der Waals surface area contributed by atoms with Crippen molar-refractivity contribution < 1.29 is 19.4 Å². The maximum absolute atomic E-state index is 13.4. The largest absolute Gasteiger partial charge is 0.507 e. The van der Waals surface area contributed by atoms with Crippen molar-refractivity contribution in [3.05, 3.63) is 86.6 Å². The molecule has 4 rings (SSSR count). The first-order valence-corrected chi connectivity index (χ1v) is 12.6. The third-order valence-electron chi connectivity index (χ3n) is 6.10. The number of anilines is 1. The van der Waals surface area contributed by atoms with Crippen LogP contribution in [-0.2, 0) is 15.0 Å². The highest BCUT2D eigenvalue weighted by Crippen LogP contribution is 2.44. The third kappa shape index (κ3) is 4.63. The molecule has 1 amide bonds. The molecule has 1 saturated heterocycles. The van der Waals surface area contributed by atoms with Gasteiger partial charge in [-0.05, 0) is 79.1 Å². The van der Waals surface area contributed by atoms with E-state index in [4.69, 9.17) is 4.74 Å². The Labute approximate surface area is 210 Å². The number of aliphatic hydroxyl groups is 1. The molecule has 1 aliphatic rings. The summed E-state index contributed by atoms with van der Waals surface area (Å²) in [5.41, 5.74) is 3.88. The number of ketones is 1. The lowest BCUT2D eigenvalue weighted by atomic mass is 9.84. The Bertz CT molecular complexity index is 1290. The Morgan fingerprint density at radius 1 is 1.06 bits per heavy atom. The normalized spacial score (nSPS) is 17.8. The average Bonchev–Trinajstić information content (AvgIpc) is 3.39. The van der Waals surface area contributed by atoms with Crippen LogP contribution in [0.4, 0.5) is 5.69 Å². The number of nitrogens with zero attached hydrogens (tertiary/aromatic N) is 1. The molecule has 35 heavy (non-hydrogen) atoms. The van der Waals surface area contributed by atoms with E-state index in [1.54, 1.807) is 6.07 Å². The van der Waals surface area contributed by atoms with E-state index in [-0.39, 0.29) is 16.7 Å². The molecular formula is C29H31NO4S. The van der Waals surface area contributed by atoms with Gasteiger partial charge in [0.1, 0.15) is 17.6 Å². The summed E-state index contributed by atoms with van der Waals surface area (Å²) < 4.78 is 5.81. The fraction of sp³-hybridized carbons (Fsp3) is 0.310. The summed E-state index contributed by atoms with van der Waals surface area (Å²) in [5.74, 6) is -0.771. The molecule has 1 unspecified atom stereocenters. The second kappa shape index (κ2) is 9.34. The predicted molar refractivity (Wildman–Crippen MR) is 141 cm³/mol.